The van der Waals surface area contributed by atoms with Crippen LogP contribution in [0, 0.1) is 6.92 Å². The molecule has 0 aromatic carbocycles. The molecule has 0 aliphatic carbocycles. The van der Waals surface area contributed by atoms with E-state index in [2.05, 4.69) is 29.0 Å². The topological polar surface area (TPSA) is 65.5 Å². The summed E-state index contributed by atoms with van der Waals surface area (Å²) in [5.74, 6) is 0.323. The fourth-order valence-corrected chi connectivity index (χ4v) is 3.81. The zero-order chi connectivity index (χ0) is 16.1. The second-order valence-electron chi connectivity index (χ2n) is 6.25. The van der Waals surface area contributed by atoms with Crippen molar-refractivity contribution < 1.29 is 9.90 Å². The van der Waals surface area contributed by atoms with Crippen LogP contribution in [0.1, 0.15) is 59.4 Å². The van der Waals surface area contributed by atoms with Crippen molar-refractivity contribution >= 4 is 17.2 Å². The lowest BCUT2D eigenvalue weighted by atomic mass is 10.0. The van der Waals surface area contributed by atoms with E-state index >= 15 is 0 Å². The van der Waals surface area contributed by atoms with Crippen LogP contribution in [-0.2, 0) is 0 Å². The van der Waals surface area contributed by atoms with Gasteiger partial charge >= 0.3 is 0 Å². The van der Waals surface area contributed by atoms with Crippen LogP contribution in [0.3, 0.4) is 0 Å². The van der Waals surface area contributed by atoms with E-state index in [-0.39, 0.29) is 18.6 Å². The Morgan fingerprint density at radius 2 is 2.27 bits per heavy atom. The molecule has 0 unspecified atom stereocenters. The smallest absolute Gasteiger partial charge is 0.263 e. The fourth-order valence-electron chi connectivity index (χ4n) is 2.83. The highest BCUT2D eigenvalue weighted by Crippen LogP contribution is 2.24. The highest BCUT2D eigenvalue weighted by molar-refractivity contribution is 7.13. The van der Waals surface area contributed by atoms with Crippen LogP contribution >= 0.6 is 11.3 Å². The highest BCUT2D eigenvalue weighted by Gasteiger charge is 2.22. The third-order valence-electron chi connectivity index (χ3n) is 4.16. The third-order valence-corrected chi connectivity index (χ3v) is 5.61. The number of rotatable bonds is 6. The predicted molar refractivity (Wildman–Crippen MR) is 89.6 cm³/mol. The van der Waals surface area contributed by atoms with Gasteiger partial charge in [-0.2, -0.15) is 0 Å². The second kappa shape index (κ2) is 8.04. The molecule has 1 aromatic heterocycles. The Kier molecular flexibility index (Phi) is 6.35. The Bertz CT molecular complexity index is 502. The third kappa shape index (κ3) is 4.27. The number of aromatic nitrogens is 1. The molecule has 1 atom stereocenters. The molecular weight excluding hydrogens is 298 g/mol. The van der Waals surface area contributed by atoms with Gasteiger partial charge in [0.15, 0.2) is 0 Å². The molecule has 6 heteroatoms. The van der Waals surface area contributed by atoms with E-state index in [1.54, 1.807) is 0 Å². The first-order valence-corrected chi connectivity index (χ1v) is 8.95. The number of likely N-dealkylation sites (tertiary alicyclic amines) is 1. The average Bonchev–Trinajstić information content (AvgIpc) is 2.90. The van der Waals surface area contributed by atoms with Crippen molar-refractivity contribution in [2.45, 2.75) is 52.0 Å². The molecule has 0 bridgehead atoms. The highest BCUT2D eigenvalue weighted by atomic mass is 32.1. The van der Waals surface area contributed by atoms with Gasteiger partial charge in [0.25, 0.3) is 5.91 Å². The number of hydrogen-bond donors (Lipinski definition) is 2. The van der Waals surface area contributed by atoms with E-state index in [4.69, 9.17) is 0 Å². The molecule has 1 saturated heterocycles. The molecule has 1 amide bonds. The summed E-state index contributed by atoms with van der Waals surface area (Å²) in [5, 5.41) is 13.4. The van der Waals surface area contributed by atoms with Crippen LogP contribution in [0.4, 0.5) is 0 Å². The quantitative estimate of drug-likeness (QED) is 0.841. The number of carbonyl (C=O) groups excluding carboxylic acids is 1. The van der Waals surface area contributed by atoms with Crippen molar-refractivity contribution in [3.8, 4) is 0 Å². The van der Waals surface area contributed by atoms with Crippen molar-refractivity contribution in [3.63, 3.8) is 0 Å². The fraction of sp³-hybridized carbons (Fsp3) is 0.750. The summed E-state index contributed by atoms with van der Waals surface area (Å²) < 4.78 is 0. The normalized spacial score (nSPS) is 19.6. The van der Waals surface area contributed by atoms with Gasteiger partial charge in [-0.3, -0.25) is 9.69 Å². The van der Waals surface area contributed by atoms with E-state index in [1.807, 2.05) is 6.92 Å². The van der Waals surface area contributed by atoms with Gasteiger partial charge in [-0.15, -0.1) is 11.3 Å². The molecule has 5 nitrogen and oxygen atoms in total. The van der Waals surface area contributed by atoms with Crippen LogP contribution in [0.25, 0.3) is 0 Å². The van der Waals surface area contributed by atoms with Crippen LogP contribution in [-0.4, -0.2) is 53.2 Å². The molecule has 124 valence electrons. The minimum Gasteiger partial charge on any atom is -0.395 e. The lowest BCUT2D eigenvalue weighted by molar-refractivity contribution is 0.0850. The first kappa shape index (κ1) is 17.4. The minimum absolute atomic E-state index is 0.0283. The van der Waals surface area contributed by atoms with E-state index in [0.29, 0.717) is 12.5 Å². The Hall–Kier alpha value is -0.980. The van der Waals surface area contributed by atoms with E-state index in [9.17, 15) is 9.90 Å². The maximum atomic E-state index is 12.3. The zero-order valence-corrected chi connectivity index (χ0v) is 14.6. The lowest BCUT2D eigenvalue weighted by Crippen LogP contribution is -2.45. The van der Waals surface area contributed by atoms with Crippen LogP contribution in [0.15, 0.2) is 0 Å². The Morgan fingerprint density at radius 1 is 1.50 bits per heavy atom. The number of aliphatic hydroxyl groups is 1. The van der Waals surface area contributed by atoms with Gasteiger partial charge in [-0.25, -0.2) is 4.98 Å². The zero-order valence-electron chi connectivity index (χ0n) is 13.8. The molecule has 2 N–H and O–H groups in total. The Balaban J connectivity index is 1.85. The SMILES string of the molecule is Cc1nc(C(C)C)sc1C(=O)NCCN1CCCC[C@H]1CO. The molecule has 1 aliphatic rings. The summed E-state index contributed by atoms with van der Waals surface area (Å²) in [6, 6.07) is 0.253. The van der Waals surface area contributed by atoms with Gasteiger partial charge in [-0.05, 0) is 26.3 Å². The van der Waals surface area contributed by atoms with Crippen molar-refractivity contribution in [1.82, 2.24) is 15.2 Å². The molecule has 0 spiro atoms. The van der Waals surface area contributed by atoms with E-state index in [0.717, 1.165) is 35.1 Å². The number of carbonyl (C=O) groups is 1. The predicted octanol–water partition coefficient (Wildman–Crippen LogP) is 2.15. The van der Waals surface area contributed by atoms with Gasteiger partial charge in [0.05, 0.1) is 17.3 Å². The summed E-state index contributed by atoms with van der Waals surface area (Å²) in [6.45, 7) is 8.70. The van der Waals surface area contributed by atoms with Crippen molar-refractivity contribution in [2.24, 2.45) is 0 Å². The number of aliphatic hydroxyl groups excluding tert-OH is 1. The molecule has 0 radical (unpaired) electrons. The van der Waals surface area contributed by atoms with Crippen molar-refractivity contribution in [2.75, 3.05) is 26.2 Å². The number of hydrogen-bond acceptors (Lipinski definition) is 5. The molecular formula is C16H27N3O2S. The molecule has 1 aromatic rings. The number of nitrogens with one attached hydrogen (secondary N) is 1. The van der Waals surface area contributed by atoms with Crippen LogP contribution in [0.2, 0.25) is 0 Å². The first-order chi connectivity index (χ1) is 10.5. The molecule has 2 rings (SSSR count). The van der Waals surface area contributed by atoms with Gasteiger partial charge < -0.3 is 10.4 Å². The summed E-state index contributed by atoms with van der Waals surface area (Å²) >= 11 is 1.49. The summed E-state index contributed by atoms with van der Waals surface area (Å²) in [4.78, 5) is 19.8. The van der Waals surface area contributed by atoms with Crippen molar-refractivity contribution in [1.29, 1.82) is 0 Å². The van der Waals surface area contributed by atoms with Crippen LogP contribution in [0.5, 0.6) is 0 Å². The molecule has 1 fully saturated rings. The number of amides is 1. The number of nitrogens with zero attached hydrogens (tertiary/aromatic N) is 2. The number of thiazole rings is 1. The van der Waals surface area contributed by atoms with Gasteiger partial charge in [0.1, 0.15) is 4.88 Å². The van der Waals surface area contributed by atoms with Gasteiger partial charge in [0.2, 0.25) is 0 Å². The van der Waals surface area contributed by atoms with E-state index < -0.39 is 0 Å². The maximum absolute atomic E-state index is 12.3. The monoisotopic (exact) mass is 325 g/mol. The average molecular weight is 325 g/mol. The first-order valence-electron chi connectivity index (χ1n) is 8.13. The molecule has 22 heavy (non-hydrogen) atoms. The molecule has 1 aliphatic heterocycles. The molecule has 0 saturated carbocycles. The summed E-state index contributed by atoms with van der Waals surface area (Å²) in [6.07, 6.45) is 3.42. The van der Waals surface area contributed by atoms with Gasteiger partial charge in [-0.1, -0.05) is 20.3 Å². The number of aryl methyl sites for hydroxylation is 1. The van der Waals surface area contributed by atoms with E-state index in [1.165, 1.54) is 24.2 Å². The van der Waals surface area contributed by atoms with Crippen LogP contribution < -0.4 is 5.32 Å². The summed E-state index contributed by atoms with van der Waals surface area (Å²) in [5.41, 5.74) is 0.817. The van der Waals surface area contributed by atoms with Gasteiger partial charge in [0, 0.05) is 25.0 Å². The standard InChI is InChI=1S/C16H27N3O2S/c1-11(2)16-18-12(3)14(22-16)15(21)17-7-9-19-8-5-4-6-13(19)10-20/h11,13,20H,4-10H2,1-3H3,(H,17,21)/t13-/m0/s1. The Labute approximate surface area is 136 Å². The Morgan fingerprint density at radius 3 is 2.91 bits per heavy atom. The van der Waals surface area contributed by atoms with Crippen molar-refractivity contribution in [3.05, 3.63) is 15.6 Å². The lowest BCUT2D eigenvalue weighted by Gasteiger charge is -2.34. The largest absolute Gasteiger partial charge is 0.395 e. The minimum atomic E-state index is -0.0283. The second-order valence-corrected chi connectivity index (χ2v) is 7.28. The maximum Gasteiger partial charge on any atom is 0.263 e. The molecule has 2 heterocycles. The number of piperidine rings is 1. The summed E-state index contributed by atoms with van der Waals surface area (Å²) in [7, 11) is 0.